The number of hydrogen-bond acceptors (Lipinski definition) is 3. The molecule has 1 aliphatic carbocycles. The first-order valence-corrected chi connectivity index (χ1v) is 9.27. The van der Waals surface area contributed by atoms with Crippen molar-refractivity contribution in [2.75, 3.05) is 0 Å². The maximum absolute atomic E-state index is 12.6. The van der Waals surface area contributed by atoms with Gasteiger partial charge in [-0.05, 0) is 41.8 Å². The van der Waals surface area contributed by atoms with Crippen LogP contribution in [0.2, 0.25) is 0 Å². The zero-order valence-electron chi connectivity index (χ0n) is 13.7. The van der Waals surface area contributed by atoms with Crippen molar-refractivity contribution in [3.8, 4) is 0 Å². The highest BCUT2D eigenvalue weighted by molar-refractivity contribution is 7.12. The summed E-state index contributed by atoms with van der Waals surface area (Å²) in [5, 5.41) is 7.86. The Bertz CT molecular complexity index is 707. The van der Waals surface area contributed by atoms with Gasteiger partial charge in [0.15, 0.2) is 0 Å². The first kappa shape index (κ1) is 16.7. The van der Waals surface area contributed by atoms with E-state index in [9.17, 15) is 9.59 Å². The van der Waals surface area contributed by atoms with Gasteiger partial charge in [-0.3, -0.25) is 9.59 Å². The Kier molecular flexibility index (Phi) is 5.30. The first-order valence-electron chi connectivity index (χ1n) is 8.39. The highest BCUT2D eigenvalue weighted by Gasteiger charge is 2.29. The predicted molar refractivity (Wildman–Crippen MR) is 96.3 cm³/mol. The van der Waals surface area contributed by atoms with Crippen LogP contribution in [0.4, 0.5) is 0 Å². The molecule has 24 heavy (non-hydrogen) atoms. The Morgan fingerprint density at radius 3 is 2.62 bits per heavy atom. The van der Waals surface area contributed by atoms with E-state index in [4.69, 9.17) is 0 Å². The molecule has 3 rings (SSSR count). The monoisotopic (exact) mass is 342 g/mol. The number of amides is 2. The fourth-order valence-corrected chi connectivity index (χ4v) is 3.52. The lowest BCUT2D eigenvalue weighted by Crippen LogP contribution is -2.48. The molecule has 2 N–H and O–H groups in total. The van der Waals surface area contributed by atoms with E-state index < -0.39 is 6.04 Å². The number of benzene rings is 1. The van der Waals surface area contributed by atoms with Crippen LogP contribution in [-0.4, -0.2) is 23.9 Å². The molecule has 0 spiro atoms. The normalized spacial score (nSPS) is 14.9. The first-order chi connectivity index (χ1) is 11.7. The van der Waals surface area contributed by atoms with Gasteiger partial charge in [0.05, 0.1) is 4.88 Å². The van der Waals surface area contributed by atoms with Crippen LogP contribution in [0.5, 0.6) is 0 Å². The topological polar surface area (TPSA) is 58.2 Å². The minimum atomic E-state index is -0.549. The average Bonchev–Trinajstić information content (AvgIpc) is 3.27. The molecule has 1 saturated carbocycles. The molecule has 0 aliphatic heterocycles. The molecule has 1 atom stereocenters. The molecule has 1 aromatic carbocycles. The van der Waals surface area contributed by atoms with Crippen molar-refractivity contribution in [2.24, 2.45) is 0 Å². The molecule has 126 valence electrons. The van der Waals surface area contributed by atoms with Gasteiger partial charge < -0.3 is 10.6 Å². The smallest absolute Gasteiger partial charge is 0.262 e. The Hall–Kier alpha value is -2.14. The molecule has 0 bridgehead atoms. The van der Waals surface area contributed by atoms with E-state index in [-0.39, 0.29) is 17.9 Å². The van der Waals surface area contributed by atoms with Crippen molar-refractivity contribution in [3.63, 3.8) is 0 Å². The van der Waals surface area contributed by atoms with Gasteiger partial charge in [0, 0.05) is 12.5 Å². The van der Waals surface area contributed by atoms with E-state index in [1.54, 1.807) is 0 Å². The van der Waals surface area contributed by atoms with Gasteiger partial charge in [0.2, 0.25) is 5.91 Å². The number of nitrogens with one attached hydrogen (secondary N) is 2. The summed E-state index contributed by atoms with van der Waals surface area (Å²) in [5.74, 6) is -0.252. The van der Waals surface area contributed by atoms with Gasteiger partial charge in [0.25, 0.3) is 5.91 Å². The van der Waals surface area contributed by atoms with Crippen molar-refractivity contribution in [1.29, 1.82) is 0 Å². The number of carbonyl (C=O) groups excluding carboxylic acids is 2. The minimum Gasteiger partial charge on any atom is -0.352 e. The summed E-state index contributed by atoms with van der Waals surface area (Å²) in [6.07, 6.45) is 3.37. The predicted octanol–water partition coefficient (Wildman–Crippen LogP) is 2.93. The second-order valence-corrected chi connectivity index (χ2v) is 7.04. The SMILES string of the molecule is CCc1ccsc1C(=O)N[C@@H](Cc1ccccc1)C(=O)NC1CC1. The molecule has 1 aliphatic rings. The largest absolute Gasteiger partial charge is 0.352 e. The van der Waals surface area contributed by atoms with Gasteiger partial charge in [-0.2, -0.15) is 0 Å². The summed E-state index contributed by atoms with van der Waals surface area (Å²) in [5.41, 5.74) is 2.06. The zero-order chi connectivity index (χ0) is 16.9. The van der Waals surface area contributed by atoms with E-state index in [0.29, 0.717) is 11.3 Å². The van der Waals surface area contributed by atoms with Crippen LogP contribution in [0.25, 0.3) is 0 Å². The fraction of sp³-hybridized carbons (Fsp3) is 0.368. The lowest BCUT2D eigenvalue weighted by Gasteiger charge is -2.18. The molecular weight excluding hydrogens is 320 g/mol. The van der Waals surface area contributed by atoms with E-state index in [0.717, 1.165) is 30.4 Å². The van der Waals surface area contributed by atoms with Crippen molar-refractivity contribution < 1.29 is 9.59 Å². The van der Waals surface area contributed by atoms with Crippen molar-refractivity contribution in [2.45, 2.75) is 44.7 Å². The third-order valence-electron chi connectivity index (χ3n) is 4.16. The van der Waals surface area contributed by atoms with E-state index in [2.05, 4.69) is 10.6 Å². The Labute approximate surface area is 146 Å². The summed E-state index contributed by atoms with van der Waals surface area (Å²) in [4.78, 5) is 25.8. The van der Waals surface area contributed by atoms with Gasteiger partial charge in [-0.25, -0.2) is 0 Å². The van der Waals surface area contributed by atoms with Crippen molar-refractivity contribution in [1.82, 2.24) is 10.6 Å². The number of hydrogen-bond donors (Lipinski definition) is 2. The third-order valence-corrected chi connectivity index (χ3v) is 5.12. The second-order valence-electron chi connectivity index (χ2n) is 6.13. The minimum absolute atomic E-state index is 0.0932. The number of aryl methyl sites for hydroxylation is 1. The van der Waals surface area contributed by atoms with Crippen molar-refractivity contribution >= 4 is 23.2 Å². The molecule has 2 amide bonds. The highest BCUT2D eigenvalue weighted by atomic mass is 32.1. The summed E-state index contributed by atoms with van der Waals surface area (Å²) in [6, 6.07) is 11.5. The quantitative estimate of drug-likeness (QED) is 0.813. The van der Waals surface area contributed by atoms with Crippen LogP contribution in [-0.2, 0) is 17.6 Å². The van der Waals surface area contributed by atoms with Gasteiger partial charge in [-0.1, -0.05) is 37.3 Å². The van der Waals surface area contributed by atoms with Gasteiger partial charge in [-0.15, -0.1) is 11.3 Å². The van der Waals surface area contributed by atoms with Gasteiger partial charge >= 0.3 is 0 Å². The summed E-state index contributed by atoms with van der Waals surface area (Å²) in [6.45, 7) is 2.03. The highest BCUT2D eigenvalue weighted by Crippen LogP contribution is 2.20. The maximum atomic E-state index is 12.6. The van der Waals surface area contributed by atoms with E-state index in [1.807, 2.05) is 48.7 Å². The number of carbonyl (C=O) groups is 2. The van der Waals surface area contributed by atoms with E-state index in [1.165, 1.54) is 11.3 Å². The third kappa shape index (κ3) is 4.23. The summed E-state index contributed by atoms with van der Waals surface area (Å²) >= 11 is 1.42. The molecule has 5 heteroatoms. The molecule has 1 fully saturated rings. The van der Waals surface area contributed by atoms with Crippen LogP contribution in [0.15, 0.2) is 41.8 Å². The van der Waals surface area contributed by atoms with Crippen LogP contribution < -0.4 is 10.6 Å². The second kappa shape index (κ2) is 7.62. The molecule has 0 saturated heterocycles. The average molecular weight is 342 g/mol. The number of rotatable bonds is 7. The van der Waals surface area contributed by atoms with E-state index >= 15 is 0 Å². The molecule has 4 nitrogen and oxygen atoms in total. The van der Waals surface area contributed by atoms with Crippen LogP contribution in [0.3, 0.4) is 0 Å². The van der Waals surface area contributed by atoms with Gasteiger partial charge in [0.1, 0.15) is 6.04 Å². The molecule has 2 aromatic rings. The summed E-state index contributed by atoms with van der Waals surface area (Å²) in [7, 11) is 0. The fourth-order valence-electron chi connectivity index (χ4n) is 2.63. The maximum Gasteiger partial charge on any atom is 0.262 e. The molecule has 0 radical (unpaired) electrons. The van der Waals surface area contributed by atoms with Crippen LogP contribution in [0.1, 0.15) is 40.6 Å². The molecular formula is C19H22N2O2S. The Morgan fingerprint density at radius 2 is 1.96 bits per heavy atom. The lowest BCUT2D eigenvalue weighted by molar-refractivity contribution is -0.123. The number of thiophene rings is 1. The van der Waals surface area contributed by atoms with Crippen LogP contribution in [0, 0.1) is 0 Å². The standard InChI is InChI=1S/C19H22N2O2S/c1-2-14-10-11-24-17(14)19(23)21-16(18(22)20-15-8-9-15)12-13-6-4-3-5-7-13/h3-7,10-11,15-16H,2,8-9,12H2,1H3,(H,20,22)(H,21,23)/t16-/m0/s1. The lowest BCUT2D eigenvalue weighted by atomic mass is 10.0. The Balaban J connectivity index is 1.73. The molecule has 1 aromatic heterocycles. The van der Waals surface area contributed by atoms with Crippen LogP contribution >= 0.6 is 11.3 Å². The zero-order valence-corrected chi connectivity index (χ0v) is 14.6. The molecule has 1 heterocycles. The Morgan fingerprint density at radius 1 is 1.21 bits per heavy atom. The summed E-state index contributed by atoms with van der Waals surface area (Å²) < 4.78 is 0. The van der Waals surface area contributed by atoms with Crippen molar-refractivity contribution in [3.05, 3.63) is 57.8 Å². The molecule has 0 unspecified atom stereocenters.